The summed E-state index contributed by atoms with van der Waals surface area (Å²) in [4.78, 5) is 32.0. The van der Waals surface area contributed by atoms with Gasteiger partial charge in [-0.25, -0.2) is 9.37 Å². The van der Waals surface area contributed by atoms with Gasteiger partial charge in [-0.3, -0.25) is 14.6 Å². The number of hydrogen-bond acceptors (Lipinski definition) is 6. The molecule has 0 saturated carbocycles. The Morgan fingerprint density at radius 1 is 1.20 bits per heavy atom. The normalized spacial score (nSPS) is 11.6. The number of amides is 1. The van der Waals surface area contributed by atoms with E-state index in [2.05, 4.69) is 9.97 Å². The summed E-state index contributed by atoms with van der Waals surface area (Å²) in [5.74, 6) is -2.04. The van der Waals surface area contributed by atoms with Crippen LogP contribution in [-0.2, 0) is 12.8 Å². The molecular formula is C23H16F4N4O4. The molecule has 0 saturated heterocycles. The van der Waals surface area contributed by atoms with Gasteiger partial charge in [0.05, 0.1) is 23.1 Å². The van der Waals surface area contributed by atoms with E-state index in [9.17, 15) is 32.3 Å². The van der Waals surface area contributed by atoms with Crippen LogP contribution in [0.2, 0.25) is 0 Å². The van der Waals surface area contributed by atoms with Crippen LogP contribution in [0.15, 0.2) is 53.7 Å². The molecule has 12 heteroatoms. The van der Waals surface area contributed by atoms with Crippen LogP contribution >= 0.6 is 0 Å². The molecule has 1 aromatic carbocycles. The van der Waals surface area contributed by atoms with Crippen LogP contribution in [0.25, 0.3) is 16.6 Å². The van der Waals surface area contributed by atoms with E-state index < -0.39 is 35.5 Å². The number of carbonyl (C=O) groups is 1. The van der Waals surface area contributed by atoms with Gasteiger partial charge in [-0.2, -0.15) is 13.2 Å². The highest BCUT2D eigenvalue weighted by Gasteiger charge is 2.35. The molecule has 0 radical (unpaired) electrons. The Kier molecular flexibility index (Phi) is 5.99. The molecule has 0 spiro atoms. The van der Waals surface area contributed by atoms with Gasteiger partial charge >= 0.3 is 6.18 Å². The third-order valence-electron chi connectivity index (χ3n) is 5.26. The van der Waals surface area contributed by atoms with Crippen molar-refractivity contribution in [2.75, 3.05) is 0 Å². The lowest BCUT2D eigenvalue weighted by Crippen LogP contribution is -2.19. The highest BCUT2D eigenvalue weighted by molar-refractivity contribution is 6.03. The fourth-order valence-electron chi connectivity index (χ4n) is 3.67. The number of nitrogens with two attached hydrogens (primary N) is 1. The average molecular weight is 488 g/mol. The number of nitrogens with zero attached hydrogens (tertiary/aromatic N) is 3. The van der Waals surface area contributed by atoms with Crippen LogP contribution in [0.5, 0.6) is 11.6 Å². The van der Waals surface area contributed by atoms with Gasteiger partial charge in [-0.1, -0.05) is 0 Å². The smallest absolute Gasteiger partial charge is 0.418 e. The van der Waals surface area contributed by atoms with E-state index in [1.807, 2.05) is 0 Å². The lowest BCUT2D eigenvalue weighted by atomic mass is 10.1. The first-order valence-electron chi connectivity index (χ1n) is 9.97. The van der Waals surface area contributed by atoms with E-state index in [0.717, 1.165) is 18.2 Å². The molecule has 3 heterocycles. The van der Waals surface area contributed by atoms with Crippen molar-refractivity contribution < 1.29 is 32.2 Å². The zero-order chi connectivity index (χ0) is 25.5. The fourth-order valence-corrected chi connectivity index (χ4v) is 3.67. The SMILES string of the molecule is Cc1c(C(F)(F)F)cnc(Oc2ccc(F)cc2CO)c1-n1ccc(=O)c2c(C(N)=O)nccc21. The highest BCUT2D eigenvalue weighted by Crippen LogP contribution is 2.39. The molecule has 0 bridgehead atoms. The van der Waals surface area contributed by atoms with Crippen LogP contribution in [0.3, 0.4) is 0 Å². The number of benzene rings is 1. The van der Waals surface area contributed by atoms with E-state index >= 15 is 0 Å². The largest absolute Gasteiger partial charge is 0.437 e. The maximum absolute atomic E-state index is 13.7. The summed E-state index contributed by atoms with van der Waals surface area (Å²) in [5.41, 5.74) is 2.82. The van der Waals surface area contributed by atoms with Crippen molar-refractivity contribution in [3.63, 3.8) is 0 Å². The molecule has 180 valence electrons. The van der Waals surface area contributed by atoms with Crippen molar-refractivity contribution in [1.82, 2.24) is 14.5 Å². The first-order valence-corrected chi connectivity index (χ1v) is 9.97. The number of alkyl halides is 3. The molecule has 0 aliphatic rings. The van der Waals surface area contributed by atoms with Crippen molar-refractivity contribution in [2.45, 2.75) is 19.7 Å². The lowest BCUT2D eigenvalue weighted by Gasteiger charge is -2.21. The molecule has 0 aliphatic carbocycles. The summed E-state index contributed by atoms with van der Waals surface area (Å²) in [6.07, 6.45) is -1.81. The van der Waals surface area contributed by atoms with Gasteiger partial charge in [-0.15, -0.1) is 0 Å². The van der Waals surface area contributed by atoms with E-state index in [0.29, 0.717) is 6.20 Å². The monoisotopic (exact) mass is 488 g/mol. The van der Waals surface area contributed by atoms with Gasteiger partial charge in [0.1, 0.15) is 22.9 Å². The van der Waals surface area contributed by atoms with Crippen molar-refractivity contribution >= 4 is 16.8 Å². The number of aromatic nitrogens is 3. The summed E-state index contributed by atoms with van der Waals surface area (Å²) in [6, 6.07) is 5.61. The third kappa shape index (κ3) is 4.30. The number of fused-ring (bicyclic) bond motifs is 1. The number of primary amides is 1. The van der Waals surface area contributed by atoms with Crippen LogP contribution < -0.4 is 15.9 Å². The molecule has 35 heavy (non-hydrogen) atoms. The Bertz CT molecular complexity index is 1530. The van der Waals surface area contributed by atoms with Gasteiger partial charge in [0.2, 0.25) is 5.88 Å². The number of rotatable bonds is 5. The molecule has 3 aromatic heterocycles. The highest BCUT2D eigenvalue weighted by atomic mass is 19.4. The fraction of sp³-hybridized carbons (Fsp3) is 0.130. The Labute approximate surface area is 194 Å². The van der Waals surface area contributed by atoms with E-state index in [1.165, 1.54) is 36.0 Å². The number of carbonyl (C=O) groups excluding carboxylic acids is 1. The van der Waals surface area contributed by atoms with Gasteiger partial charge in [0.25, 0.3) is 5.91 Å². The zero-order valence-electron chi connectivity index (χ0n) is 17.9. The minimum absolute atomic E-state index is 0.0249. The predicted molar refractivity (Wildman–Crippen MR) is 116 cm³/mol. The quantitative estimate of drug-likeness (QED) is 0.414. The van der Waals surface area contributed by atoms with E-state index in [1.54, 1.807) is 0 Å². The predicted octanol–water partition coefficient (Wildman–Crippen LogP) is 3.63. The zero-order valence-corrected chi connectivity index (χ0v) is 17.9. The Hall–Kier alpha value is -4.32. The standard InChI is InChI=1S/C23H16F4N4O4/c1-11-14(23(25,26)27)9-30-22(35-17-3-2-13(24)8-12(17)10-32)20(11)31-7-5-16(33)18-15(31)4-6-29-19(18)21(28)34/h2-9,32H,10H2,1H3,(H2,28,34). The number of hydrogen-bond donors (Lipinski definition) is 2. The van der Waals surface area contributed by atoms with Gasteiger partial charge in [0, 0.05) is 30.2 Å². The summed E-state index contributed by atoms with van der Waals surface area (Å²) in [6.45, 7) is 0.571. The molecular weight excluding hydrogens is 472 g/mol. The molecule has 1 amide bonds. The molecule has 3 N–H and O–H groups in total. The van der Waals surface area contributed by atoms with Crippen molar-refractivity contribution in [1.29, 1.82) is 0 Å². The minimum atomic E-state index is -4.77. The molecule has 0 fully saturated rings. The molecule has 8 nitrogen and oxygen atoms in total. The molecule has 4 aromatic rings. The summed E-state index contributed by atoms with van der Waals surface area (Å²) >= 11 is 0. The second-order valence-electron chi connectivity index (χ2n) is 7.43. The first-order chi connectivity index (χ1) is 16.5. The molecule has 0 atom stereocenters. The summed E-state index contributed by atoms with van der Waals surface area (Å²) < 4.78 is 61.7. The molecule has 0 aliphatic heterocycles. The van der Waals surface area contributed by atoms with Crippen LogP contribution in [0.1, 0.15) is 27.2 Å². The lowest BCUT2D eigenvalue weighted by molar-refractivity contribution is -0.138. The third-order valence-corrected chi connectivity index (χ3v) is 5.26. The number of halogens is 4. The van der Waals surface area contributed by atoms with Crippen LogP contribution in [0, 0.1) is 12.7 Å². The summed E-state index contributed by atoms with van der Waals surface area (Å²) in [5, 5.41) is 9.36. The first kappa shape index (κ1) is 23.8. The van der Waals surface area contributed by atoms with Gasteiger partial charge < -0.3 is 20.1 Å². The van der Waals surface area contributed by atoms with Crippen molar-refractivity contribution in [3.8, 4) is 17.3 Å². The van der Waals surface area contributed by atoms with Gasteiger partial charge in [-0.05, 0) is 36.8 Å². The van der Waals surface area contributed by atoms with Crippen molar-refractivity contribution in [3.05, 3.63) is 87.3 Å². The van der Waals surface area contributed by atoms with Crippen LogP contribution in [-0.4, -0.2) is 25.5 Å². The number of aliphatic hydroxyl groups is 1. The second kappa shape index (κ2) is 8.80. The second-order valence-corrected chi connectivity index (χ2v) is 7.43. The molecule has 4 rings (SSSR count). The number of pyridine rings is 3. The Morgan fingerprint density at radius 3 is 2.60 bits per heavy atom. The minimum Gasteiger partial charge on any atom is -0.437 e. The maximum atomic E-state index is 13.7. The van der Waals surface area contributed by atoms with Crippen LogP contribution in [0.4, 0.5) is 17.6 Å². The number of ether oxygens (including phenoxy) is 1. The van der Waals surface area contributed by atoms with Crippen molar-refractivity contribution in [2.24, 2.45) is 5.73 Å². The summed E-state index contributed by atoms with van der Waals surface area (Å²) in [7, 11) is 0. The topological polar surface area (TPSA) is 120 Å². The Morgan fingerprint density at radius 2 is 1.94 bits per heavy atom. The average Bonchev–Trinajstić information content (AvgIpc) is 2.80. The van der Waals surface area contributed by atoms with E-state index in [4.69, 9.17) is 10.5 Å². The molecule has 0 unspecified atom stereocenters. The maximum Gasteiger partial charge on any atom is 0.418 e. The number of aliphatic hydroxyl groups excluding tert-OH is 1. The van der Waals surface area contributed by atoms with E-state index in [-0.39, 0.29) is 45.0 Å². The van der Waals surface area contributed by atoms with Gasteiger partial charge in [0.15, 0.2) is 5.43 Å². The Balaban J connectivity index is 2.06.